The van der Waals surface area contributed by atoms with E-state index < -0.39 is 0 Å². The van der Waals surface area contributed by atoms with E-state index in [1.165, 1.54) is 0 Å². The van der Waals surface area contributed by atoms with Crippen molar-refractivity contribution >= 4 is 23.6 Å². The molecule has 1 aromatic carbocycles. The van der Waals surface area contributed by atoms with Gasteiger partial charge < -0.3 is 9.80 Å². The van der Waals surface area contributed by atoms with E-state index in [1.807, 2.05) is 18.2 Å². The zero-order valence-electron chi connectivity index (χ0n) is 10.0. The minimum Gasteiger partial charge on any atom is -0.367 e. The number of anilines is 1. The number of rotatable bonds is 3. The van der Waals surface area contributed by atoms with Crippen molar-refractivity contribution in [3.8, 4) is 0 Å². The number of hydrogen-bond acceptors (Lipinski definition) is 3. The Kier molecular flexibility index (Phi) is 4.02. The molecule has 1 aliphatic rings. The Balaban J connectivity index is 2.20. The summed E-state index contributed by atoms with van der Waals surface area (Å²) >= 11 is 6.20. The number of hydrogen-bond donors (Lipinski definition) is 0. The molecule has 2 rings (SSSR count). The van der Waals surface area contributed by atoms with Gasteiger partial charge in [-0.05, 0) is 18.7 Å². The molecule has 0 bridgehead atoms. The second-order valence-electron chi connectivity index (χ2n) is 4.22. The van der Waals surface area contributed by atoms with Crippen LogP contribution in [-0.4, -0.2) is 43.9 Å². The third kappa shape index (κ3) is 2.61. The molecule has 0 aliphatic carbocycles. The van der Waals surface area contributed by atoms with Crippen LogP contribution in [0.5, 0.6) is 0 Å². The predicted octanol–water partition coefficient (Wildman–Crippen LogP) is 2.29. The van der Waals surface area contributed by atoms with Crippen LogP contribution in [0.3, 0.4) is 0 Å². The Bertz CT molecular complexity index is 400. The van der Waals surface area contributed by atoms with E-state index in [0.717, 1.165) is 44.7 Å². The number of carbonyl (C=O) groups excluding carboxylic acids is 1. The van der Waals surface area contributed by atoms with Gasteiger partial charge in [-0.2, -0.15) is 0 Å². The zero-order valence-corrected chi connectivity index (χ0v) is 10.8. The molecular weight excluding hydrogens is 236 g/mol. The summed E-state index contributed by atoms with van der Waals surface area (Å²) in [5, 5.41) is 0.666. The minimum absolute atomic E-state index is 0.666. The van der Waals surface area contributed by atoms with Gasteiger partial charge >= 0.3 is 0 Å². The van der Waals surface area contributed by atoms with Crippen molar-refractivity contribution in [2.75, 3.05) is 37.6 Å². The maximum atomic E-state index is 11.0. The van der Waals surface area contributed by atoms with Crippen molar-refractivity contribution in [1.29, 1.82) is 0 Å². The molecule has 3 nitrogen and oxygen atoms in total. The maximum Gasteiger partial charge on any atom is 0.152 e. The number of carbonyl (C=O) groups is 1. The highest BCUT2D eigenvalue weighted by Crippen LogP contribution is 2.29. The van der Waals surface area contributed by atoms with E-state index in [2.05, 4.69) is 16.7 Å². The monoisotopic (exact) mass is 252 g/mol. The fourth-order valence-electron chi connectivity index (χ4n) is 2.25. The third-order valence-corrected chi connectivity index (χ3v) is 3.59. The molecule has 0 amide bonds. The first kappa shape index (κ1) is 12.4. The summed E-state index contributed by atoms with van der Waals surface area (Å²) < 4.78 is 0. The van der Waals surface area contributed by atoms with Crippen LogP contribution >= 0.6 is 11.6 Å². The van der Waals surface area contributed by atoms with Crippen LogP contribution in [0.2, 0.25) is 5.02 Å². The SMILES string of the molecule is CCN1CCN(c2c(Cl)cccc2C=O)CC1. The van der Waals surface area contributed by atoms with E-state index in [4.69, 9.17) is 11.6 Å². The standard InChI is InChI=1S/C13H17ClN2O/c1-2-15-6-8-16(9-7-15)13-11(10-17)4-3-5-12(13)14/h3-5,10H,2,6-9H2,1H3. The molecule has 17 heavy (non-hydrogen) atoms. The second kappa shape index (κ2) is 5.52. The van der Waals surface area contributed by atoms with E-state index in [1.54, 1.807) is 0 Å². The lowest BCUT2D eigenvalue weighted by molar-refractivity contribution is 0.112. The molecular formula is C13H17ClN2O. The van der Waals surface area contributed by atoms with Gasteiger partial charge in [0.05, 0.1) is 10.7 Å². The first-order chi connectivity index (χ1) is 8.26. The molecule has 4 heteroatoms. The van der Waals surface area contributed by atoms with E-state index in [0.29, 0.717) is 10.6 Å². The molecule has 1 aromatic rings. The largest absolute Gasteiger partial charge is 0.367 e. The van der Waals surface area contributed by atoms with Crippen molar-refractivity contribution < 1.29 is 4.79 Å². The normalized spacial score (nSPS) is 17.2. The Hall–Kier alpha value is -1.06. The minimum atomic E-state index is 0.666. The average Bonchev–Trinajstić information content (AvgIpc) is 2.38. The summed E-state index contributed by atoms with van der Waals surface area (Å²) in [6, 6.07) is 5.48. The molecule has 1 saturated heterocycles. The Morgan fingerprint density at radius 1 is 1.29 bits per heavy atom. The number of likely N-dealkylation sites (N-methyl/N-ethyl adjacent to an activating group) is 1. The summed E-state index contributed by atoms with van der Waals surface area (Å²) in [5.41, 5.74) is 1.57. The van der Waals surface area contributed by atoms with Gasteiger partial charge in [-0.25, -0.2) is 0 Å². The van der Waals surface area contributed by atoms with Gasteiger partial charge in [0, 0.05) is 31.7 Å². The number of piperazine rings is 1. The van der Waals surface area contributed by atoms with Crippen LogP contribution in [0.1, 0.15) is 17.3 Å². The van der Waals surface area contributed by atoms with Crippen molar-refractivity contribution in [1.82, 2.24) is 4.90 Å². The molecule has 0 aromatic heterocycles. The van der Waals surface area contributed by atoms with Crippen molar-refractivity contribution in [3.63, 3.8) is 0 Å². The molecule has 1 heterocycles. The number of para-hydroxylation sites is 1. The Morgan fingerprint density at radius 3 is 2.59 bits per heavy atom. The smallest absolute Gasteiger partial charge is 0.152 e. The molecule has 0 saturated carbocycles. The van der Waals surface area contributed by atoms with Gasteiger partial charge in [-0.15, -0.1) is 0 Å². The van der Waals surface area contributed by atoms with Gasteiger partial charge in [0.25, 0.3) is 0 Å². The summed E-state index contributed by atoms with van der Waals surface area (Å²) in [4.78, 5) is 15.7. The summed E-state index contributed by atoms with van der Waals surface area (Å²) in [5.74, 6) is 0. The van der Waals surface area contributed by atoms with Gasteiger partial charge in [0.15, 0.2) is 6.29 Å². The number of halogens is 1. The molecule has 0 spiro atoms. The van der Waals surface area contributed by atoms with Crippen molar-refractivity contribution in [2.24, 2.45) is 0 Å². The van der Waals surface area contributed by atoms with Crippen LogP contribution in [0.25, 0.3) is 0 Å². The first-order valence-corrected chi connectivity index (χ1v) is 6.35. The summed E-state index contributed by atoms with van der Waals surface area (Å²) in [6.45, 7) is 7.16. The number of aldehydes is 1. The Morgan fingerprint density at radius 2 is 2.00 bits per heavy atom. The van der Waals surface area contributed by atoms with E-state index in [9.17, 15) is 4.79 Å². The Labute approximate surface area is 107 Å². The van der Waals surface area contributed by atoms with Crippen LogP contribution in [-0.2, 0) is 0 Å². The molecule has 0 unspecified atom stereocenters. The molecule has 1 fully saturated rings. The van der Waals surface area contributed by atoms with Crippen molar-refractivity contribution in [2.45, 2.75) is 6.92 Å². The highest BCUT2D eigenvalue weighted by Gasteiger charge is 2.19. The third-order valence-electron chi connectivity index (χ3n) is 3.28. The molecule has 0 atom stereocenters. The highest BCUT2D eigenvalue weighted by molar-refractivity contribution is 6.33. The van der Waals surface area contributed by atoms with E-state index in [-0.39, 0.29) is 0 Å². The fraction of sp³-hybridized carbons (Fsp3) is 0.462. The quantitative estimate of drug-likeness (QED) is 0.772. The van der Waals surface area contributed by atoms with Gasteiger partial charge in [-0.1, -0.05) is 24.6 Å². The lowest BCUT2D eigenvalue weighted by atomic mass is 10.1. The van der Waals surface area contributed by atoms with Gasteiger partial charge in [-0.3, -0.25) is 4.79 Å². The molecule has 0 radical (unpaired) electrons. The lowest BCUT2D eigenvalue weighted by Gasteiger charge is -2.36. The van der Waals surface area contributed by atoms with Crippen LogP contribution in [0.15, 0.2) is 18.2 Å². The van der Waals surface area contributed by atoms with Crippen LogP contribution < -0.4 is 4.90 Å². The zero-order chi connectivity index (χ0) is 12.3. The topological polar surface area (TPSA) is 23.6 Å². The number of benzene rings is 1. The predicted molar refractivity (Wildman–Crippen MR) is 71.2 cm³/mol. The lowest BCUT2D eigenvalue weighted by Crippen LogP contribution is -2.46. The maximum absolute atomic E-state index is 11.0. The second-order valence-corrected chi connectivity index (χ2v) is 4.62. The fourth-order valence-corrected chi connectivity index (χ4v) is 2.55. The van der Waals surface area contributed by atoms with Crippen LogP contribution in [0.4, 0.5) is 5.69 Å². The first-order valence-electron chi connectivity index (χ1n) is 5.97. The van der Waals surface area contributed by atoms with E-state index >= 15 is 0 Å². The summed E-state index contributed by atoms with van der Waals surface area (Å²) in [7, 11) is 0. The van der Waals surface area contributed by atoms with Crippen molar-refractivity contribution in [3.05, 3.63) is 28.8 Å². The van der Waals surface area contributed by atoms with Gasteiger partial charge in [0.1, 0.15) is 0 Å². The molecule has 1 aliphatic heterocycles. The molecule has 0 N–H and O–H groups in total. The molecule has 92 valence electrons. The average molecular weight is 253 g/mol. The highest BCUT2D eigenvalue weighted by atomic mass is 35.5. The summed E-state index contributed by atoms with van der Waals surface area (Å²) in [6.07, 6.45) is 0.882. The van der Waals surface area contributed by atoms with Crippen LogP contribution in [0, 0.1) is 0 Å². The van der Waals surface area contributed by atoms with Gasteiger partial charge in [0.2, 0.25) is 0 Å². The number of nitrogens with zero attached hydrogens (tertiary/aromatic N) is 2.